The molecular weight excluding hydrogens is 420 g/mol. The first-order valence-electron chi connectivity index (χ1n) is 11.4. The summed E-state index contributed by atoms with van der Waals surface area (Å²) in [4.78, 5) is 41.2. The smallest absolute Gasteiger partial charge is 0.255 e. The van der Waals surface area contributed by atoms with Crippen molar-refractivity contribution < 1.29 is 19.5 Å². The van der Waals surface area contributed by atoms with E-state index in [4.69, 9.17) is 0 Å². The van der Waals surface area contributed by atoms with E-state index in [0.717, 1.165) is 16.7 Å². The van der Waals surface area contributed by atoms with Gasteiger partial charge in [0.1, 0.15) is 6.04 Å². The molecule has 3 heterocycles. The van der Waals surface area contributed by atoms with Gasteiger partial charge in [-0.2, -0.15) is 0 Å². The zero-order valence-electron chi connectivity index (χ0n) is 18.4. The van der Waals surface area contributed by atoms with E-state index >= 15 is 0 Å². The molecule has 1 unspecified atom stereocenters. The van der Waals surface area contributed by atoms with Gasteiger partial charge in [-0.05, 0) is 23.1 Å². The number of rotatable bonds is 6. The Hall–Kier alpha value is -3.07. The van der Waals surface area contributed by atoms with Crippen LogP contribution in [-0.2, 0) is 29.2 Å². The topological polar surface area (TPSA) is 102 Å². The number of hydrogen-bond donors (Lipinski definition) is 3. The monoisotopic (exact) mass is 448 g/mol. The van der Waals surface area contributed by atoms with Crippen LogP contribution in [-0.4, -0.2) is 63.9 Å². The van der Waals surface area contributed by atoms with Crippen molar-refractivity contribution in [2.45, 2.75) is 50.7 Å². The Kier molecular flexibility index (Phi) is 5.97. The predicted octanol–water partition coefficient (Wildman–Crippen LogP) is 0.783. The second-order valence-electron chi connectivity index (χ2n) is 9.03. The molecule has 3 amide bonds. The number of amides is 3. The summed E-state index contributed by atoms with van der Waals surface area (Å²) in [5, 5.41) is 16.2. The van der Waals surface area contributed by atoms with Crippen molar-refractivity contribution in [3.8, 4) is 0 Å². The maximum atomic E-state index is 13.5. The fraction of sp³-hybridized carbons (Fsp3) is 0.400. The van der Waals surface area contributed by atoms with Crippen molar-refractivity contribution >= 4 is 17.7 Å². The molecule has 0 aliphatic carbocycles. The van der Waals surface area contributed by atoms with Crippen LogP contribution in [0.5, 0.6) is 0 Å². The van der Waals surface area contributed by atoms with Crippen LogP contribution in [0.4, 0.5) is 0 Å². The molecule has 172 valence electrons. The van der Waals surface area contributed by atoms with Crippen LogP contribution in [0.15, 0.2) is 48.5 Å². The van der Waals surface area contributed by atoms with Crippen molar-refractivity contribution in [2.75, 3.05) is 13.1 Å². The Labute approximate surface area is 192 Å². The Bertz CT molecular complexity index is 1070. The van der Waals surface area contributed by atoms with E-state index in [-0.39, 0.29) is 24.3 Å². The standard InChI is InChI=1S/C25H28N4O4/c30-21-12-26-11-20(21)28(13-16-5-2-1-3-6-16)14-17-7-4-8-18-15-29(25(33)23(17)18)19-9-10-22(31)27-24(19)32/h1-8,19-21,26,30H,9-15H2,(H,27,31,32)/t19?,20-,21-/m1/s1. The summed E-state index contributed by atoms with van der Waals surface area (Å²) in [5.74, 6) is -0.860. The molecule has 2 saturated heterocycles. The van der Waals surface area contributed by atoms with Gasteiger partial charge in [-0.25, -0.2) is 0 Å². The van der Waals surface area contributed by atoms with Crippen LogP contribution in [0.2, 0.25) is 0 Å². The predicted molar refractivity (Wildman–Crippen MR) is 121 cm³/mol. The van der Waals surface area contributed by atoms with Gasteiger partial charge < -0.3 is 15.3 Å². The van der Waals surface area contributed by atoms with Crippen LogP contribution in [0, 0.1) is 0 Å². The van der Waals surface area contributed by atoms with E-state index in [1.54, 1.807) is 4.90 Å². The van der Waals surface area contributed by atoms with E-state index in [1.165, 1.54) is 0 Å². The number of nitrogens with zero attached hydrogens (tertiary/aromatic N) is 2. The Morgan fingerprint density at radius 2 is 1.82 bits per heavy atom. The van der Waals surface area contributed by atoms with Crippen LogP contribution in [0.25, 0.3) is 0 Å². The molecule has 0 radical (unpaired) electrons. The molecule has 2 fully saturated rings. The number of carbonyl (C=O) groups excluding carboxylic acids is 3. The minimum absolute atomic E-state index is 0.0659. The van der Waals surface area contributed by atoms with Crippen molar-refractivity contribution in [1.29, 1.82) is 0 Å². The molecule has 0 bridgehead atoms. The van der Waals surface area contributed by atoms with E-state index in [9.17, 15) is 19.5 Å². The molecule has 33 heavy (non-hydrogen) atoms. The number of carbonyl (C=O) groups is 3. The third-order valence-electron chi connectivity index (χ3n) is 6.86. The molecule has 3 atom stereocenters. The third kappa shape index (κ3) is 4.29. The SMILES string of the molecule is O=C1CCC(N2Cc3cccc(CN(Cc4ccccc4)[C@@H]4CNC[C@H]4O)c3C2=O)C(=O)N1. The highest BCUT2D eigenvalue weighted by Gasteiger charge is 2.40. The van der Waals surface area contributed by atoms with Gasteiger partial charge in [0.2, 0.25) is 11.8 Å². The number of benzene rings is 2. The van der Waals surface area contributed by atoms with Crippen LogP contribution < -0.4 is 10.6 Å². The highest BCUT2D eigenvalue weighted by molar-refractivity contribution is 6.06. The van der Waals surface area contributed by atoms with Crippen LogP contribution in [0.1, 0.15) is 39.9 Å². The summed E-state index contributed by atoms with van der Waals surface area (Å²) in [6.45, 7) is 2.75. The average molecular weight is 449 g/mol. The largest absolute Gasteiger partial charge is 0.390 e. The number of piperidine rings is 1. The van der Waals surface area contributed by atoms with Gasteiger partial charge in [0.15, 0.2) is 0 Å². The first-order valence-corrected chi connectivity index (χ1v) is 11.4. The molecular formula is C25H28N4O4. The fourth-order valence-corrected chi connectivity index (χ4v) is 5.17. The second kappa shape index (κ2) is 9.05. The highest BCUT2D eigenvalue weighted by atomic mass is 16.3. The zero-order valence-corrected chi connectivity index (χ0v) is 18.4. The van der Waals surface area contributed by atoms with Gasteiger partial charge in [0.05, 0.1) is 6.10 Å². The fourth-order valence-electron chi connectivity index (χ4n) is 5.17. The summed E-state index contributed by atoms with van der Waals surface area (Å²) >= 11 is 0. The average Bonchev–Trinajstić information content (AvgIpc) is 3.38. The number of nitrogens with one attached hydrogen (secondary N) is 2. The maximum absolute atomic E-state index is 13.5. The Morgan fingerprint density at radius 1 is 1.00 bits per heavy atom. The molecule has 2 aromatic rings. The van der Waals surface area contributed by atoms with E-state index in [2.05, 4.69) is 27.7 Å². The first-order chi connectivity index (χ1) is 16.0. The summed E-state index contributed by atoms with van der Waals surface area (Å²) < 4.78 is 0. The van der Waals surface area contributed by atoms with E-state index < -0.39 is 18.1 Å². The van der Waals surface area contributed by atoms with Crippen molar-refractivity contribution in [2.24, 2.45) is 0 Å². The molecule has 5 rings (SSSR count). The summed E-state index contributed by atoms with van der Waals surface area (Å²) in [7, 11) is 0. The summed E-state index contributed by atoms with van der Waals surface area (Å²) in [5.41, 5.74) is 3.57. The van der Waals surface area contributed by atoms with E-state index in [1.807, 2.05) is 36.4 Å². The normalized spacial score (nSPS) is 25.0. The van der Waals surface area contributed by atoms with Crippen LogP contribution >= 0.6 is 0 Å². The minimum atomic E-state index is -0.628. The van der Waals surface area contributed by atoms with Crippen LogP contribution in [0.3, 0.4) is 0 Å². The number of β-amino-alcohol motifs (C(OH)–C–C–N with tert-alkyl or cyclic N) is 1. The number of fused-ring (bicyclic) bond motifs is 1. The molecule has 3 aliphatic heterocycles. The van der Waals surface area contributed by atoms with Gasteiger partial charge in [0, 0.05) is 50.7 Å². The minimum Gasteiger partial charge on any atom is -0.390 e. The molecule has 0 aromatic heterocycles. The number of aliphatic hydroxyl groups is 1. The Morgan fingerprint density at radius 3 is 2.55 bits per heavy atom. The molecule has 8 heteroatoms. The number of hydrogen-bond acceptors (Lipinski definition) is 6. The summed E-state index contributed by atoms with van der Waals surface area (Å²) in [6.07, 6.45) is 0.0989. The van der Waals surface area contributed by atoms with Crippen molar-refractivity contribution in [3.63, 3.8) is 0 Å². The van der Waals surface area contributed by atoms with Crippen molar-refractivity contribution in [3.05, 3.63) is 70.8 Å². The lowest BCUT2D eigenvalue weighted by atomic mass is 10.0. The molecule has 2 aromatic carbocycles. The third-order valence-corrected chi connectivity index (χ3v) is 6.86. The van der Waals surface area contributed by atoms with Gasteiger partial charge >= 0.3 is 0 Å². The molecule has 3 aliphatic rings. The molecule has 8 nitrogen and oxygen atoms in total. The lowest BCUT2D eigenvalue weighted by molar-refractivity contribution is -0.136. The lowest BCUT2D eigenvalue weighted by Gasteiger charge is -2.31. The van der Waals surface area contributed by atoms with Gasteiger partial charge in [0.25, 0.3) is 5.91 Å². The van der Waals surface area contributed by atoms with Crippen molar-refractivity contribution in [1.82, 2.24) is 20.4 Å². The summed E-state index contributed by atoms with van der Waals surface area (Å²) in [6, 6.07) is 15.2. The number of imide groups is 1. The van der Waals surface area contributed by atoms with Gasteiger partial charge in [-0.1, -0.05) is 48.5 Å². The zero-order chi connectivity index (χ0) is 22.9. The van der Waals surface area contributed by atoms with Gasteiger partial charge in [-0.3, -0.25) is 24.6 Å². The lowest BCUT2D eigenvalue weighted by Crippen LogP contribution is -2.52. The highest BCUT2D eigenvalue weighted by Crippen LogP contribution is 2.31. The number of aliphatic hydroxyl groups excluding tert-OH is 1. The van der Waals surface area contributed by atoms with Gasteiger partial charge in [-0.15, -0.1) is 0 Å². The first kappa shape index (κ1) is 21.8. The van der Waals surface area contributed by atoms with E-state index in [0.29, 0.717) is 44.7 Å². The molecule has 0 spiro atoms. The maximum Gasteiger partial charge on any atom is 0.255 e. The molecule has 3 N–H and O–H groups in total. The molecule has 0 saturated carbocycles. The quantitative estimate of drug-likeness (QED) is 0.565. The second-order valence-corrected chi connectivity index (χ2v) is 9.03. The Balaban J connectivity index is 1.41.